The molecule has 0 saturated heterocycles. The van der Waals surface area contributed by atoms with E-state index >= 15 is 0 Å². The summed E-state index contributed by atoms with van der Waals surface area (Å²) in [6.07, 6.45) is 2.78. The van der Waals surface area contributed by atoms with E-state index in [0.717, 1.165) is 45.3 Å². The van der Waals surface area contributed by atoms with Crippen molar-refractivity contribution < 1.29 is 13.9 Å². The van der Waals surface area contributed by atoms with Crippen LogP contribution in [-0.4, -0.2) is 12.9 Å². The summed E-state index contributed by atoms with van der Waals surface area (Å²) in [5.41, 5.74) is 5.91. The van der Waals surface area contributed by atoms with Crippen molar-refractivity contribution in [2.45, 2.75) is 31.3 Å². The minimum absolute atomic E-state index is 0.0000757. The summed E-state index contributed by atoms with van der Waals surface area (Å²) in [6, 6.07) is 27.7. The number of furan rings is 1. The third-order valence-corrected chi connectivity index (χ3v) is 7.49. The molecule has 37 heavy (non-hydrogen) atoms. The lowest BCUT2D eigenvalue weighted by Gasteiger charge is -2.36. The van der Waals surface area contributed by atoms with Gasteiger partial charge < -0.3 is 19.4 Å². The minimum atomic E-state index is -0.282. The van der Waals surface area contributed by atoms with E-state index in [1.807, 2.05) is 60.7 Å². The van der Waals surface area contributed by atoms with E-state index in [0.29, 0.717) is 24.4 Å². The number of hydrogen-bond acceptors (Lipinski definition) is 5. The van der Waals surface area contributed by atoms with Crippen LogP contribution >= 0.6 is 11.6 Å². The van der Waals surface area contributed by atoms with Gasteiger partial charge in [-0.2, -0.15) is 0 Å². The van der Waals surface area contributed by atoms with E-state index in [1.54, 1.807) is 13.4 Å². The Kier molecular flexibility index (Phi) is 6.23. The molecule has 1 aliphatic carbocycles. The third-order valence-electron chi connectivity index (χ3n) is 7.24. The van der Waals surface area contributed by atoms with Crippen LogP contribution in [0.25, 0.3) is 0 Å². The van der Waals surface area contributed by atoms with E-state index in [4.69, 9.17) is 20.8 Å². The average Bonchev–Trinajstić information content (AvgIpc) is 3.42. The van der Waals surface area contributed by atoms with Crippen LogP contribution in [0.4, 0.5) is 11.4 Å². The van der Waals surface area contributed by atoms with Gasteiger partial charge >= 0.3 is 0 Å². The van der Waals surface area contributed by atoms with Crippen molar-refractivity contribution in [3.63, 3.8) is 0 Å². The Morgan fingerprint density at radius 1 is 0.973 bits per heavy atom. The number of anilines is 2. The smallest absolute Gasteiger partial charge is 0.163 e. The van der Waals surface area contributed by atoms with Crippen molar-refractivity contribution >= 4 is 28.8 Å². The highest BCUT2D eigenvalue weighted by Crippen LogP contribution is 2.48. The Bertz CT molecular complexity index is 1440. The molecule has 0 amide bonds. The Hall–Kier alpha value is -3.96. The van der Waals surface area contributed by atoms with Gasteiger partial charge in [0.05, 0.1) is 30.8 Å². The number of rotatable bonds is 5. The fourth-order valence-electron chi connectivity index (χ4n) is 5.47. The zero-order valence-corrected chi connectivity index (χ0v) is 21.2. The number of carbonyl (C=O) groups is 1. The summed E-state index contributed by atoms with van der Waals surface area (Å²) in [4.78, 5) is 16.3. The molecule has 0 radical (unpaired) electrons. The maximum atomic E-state index is 14.0. The standard InChI is InChI=1S/C31H27ClN2O3/c1-36-24-14-8-20(9-15-24)19-34-27-6-3-2-5-25(27)33-26-17-22(29-7-4-16-37-29)18-28(35)30(26)31(34)21-10-12-23(32)13-11-21/h2-16,22,31,33H,17-19H2,1H3. The number of methoxy groups -OCH3 is 1. The molecule has 2 aliphatic rings. The monoisotopic (exact) mass is 510 g/mol. The Balaban J connectivity index is 1.51. The van der Waals surface area contributed by atoms with Crippen molar-refractivity contribution in [1.82, 2.24) is 0 Å². The molecule has 2 heterocycles. The predicted octanol–water partition coefficient (Wildman–Crippen LogP) is 7.52. The van der Waals surface area contributed by atoms with E-state index in [9.17, 15) is 4.79 Å². The van der Waals surface area contributed by atoms with Gasteiger partial charge in [0.2, 0.25) is 0 Å². The largest absolute Gasteiger partial charge is 0.497 e. The number of carbonyl (C=O) groups excluding carboxylic acids is 1. The molecule has 0 bridgehead atoms. The number of allylic oxidation sites excluding steroid dienone is 1. The van der Waals surface area contributed by atoms with Gasteiger partial charge in [-0.25, -0.2) is 0 Å². The Morgan fingerprint density at radius 3 is 2.49 bits per heavy atom. The Morgan fingerprint density at radius 2 is 1.76 bits per heavy atom. The molecule has 4 aromatic rings. The van der Waals surface area contributed by atoms with E-state index in [1.165, 1.54) is 0 Å². The molecule has 0 saturated carbocycles. The number of ketones is 1. The van der Waals surface area contributed by atoms with E-state index in [2.05, 4.69) is 34.5 Å². The normalized spacial score (nSPS) is 19.1. The second-order valence-electron chi connectivity index (χ2n) is 9.51. The first kappa shape index (κ1) is 23.4. The number of nitrogens with one attached hydrogen (secondary N) is 1. The summed E-state index contributed by atoms with van der Waals surface area (Å²) in [7, 11) is 1.67. The molecule has 1 aliphatic heterocycles. The average molecular weight is 511 g/mol. The molecule has 2 atom stereocenters. The van der Waals surface area contributed by atoms with Crippen LogP contribution in [0, 0.1) is 0 Å². The predicted molar refractivity (Wildman–Crippen MR) is 146 cm³/mol. The molecule has 6 heteroatoms. The molecule has 6 rings (SSSR count). The first-order valence-corrected chi connectivity index (χ1v) is 12.8. The first-order valence-electron chi connectivity index (χ1n) is 12.4. The molecular formula is C31H27ClN2O3. The topological polar surface area (TPSA) is 54.7 Å². The minimum Gasteiger partial charge on any atom is -0.497 e. The van der Waals surface area contributed by atoms with Crippen molar-refractivity contribution in [2.75, 3.05) is 17.3 Å². The molecule has 0 spiro atoms. The number of para-hydroxylation sites is 2. The number of halogens is 1. The van der Waals surface area contributed by atoms with Crippen LogP contribution in [0.15, 0.2) is 107 Å². The fraction of sp³-hybridized carbons (Fsp3) is 0.194. The molecule has 2 unspecified atom stereocenters. The van der Waals surface area contributed by atoms with Crippen LogP contribution < -0.4 is 15.0 Å². The third kappa shape index (κ3) is 4.51. The van der Waals surface area contributed by atoms with Crippen LogP contribution in [0.1, 0.15) is 41.7 Å². The lowest BCUT2D eigenvalue weighted by molar-refractivity contribution is -0.116. The molecule has 1 aromatic heterocycles. The second kappa shape index (κ2) is 9.83. The highest BCUT2D eigenvalue weighted by atomic mass is 35.5. The molecule has 0 fully saturated rings. The number of ether oxygens (including phenoxy) is 1. The maximum absolute atomic E-state index is 14.0. The van der Waals surface area contributed by atoms with E-state index < -0.39 is 0 Å². The maximum Gasteiger partial charge on any atom is 0.163 e. The van der Waals surface area contributed by atoms with Crippen molar-refractivity contribution in [2.24, 2.45) is 0 Å². The lowest BCUT2D eigenvalue weighted by Crippen LogP contribution is -2.34. The first-order chi connectivity index (χ1) is 18.1. The lowest BCUT2D eigenvalue weighted by atomic mass is 9.80. The van der Waals surface area contributed by atoms with Crippen LogP contribution in [0.3, 0.4) is 0 Å². The number of nitrogens with zero attached hydrogens (tertiary/aromatic N) is 1. The van der Waals surface area contributed by atoms with Crippen LogP contribution in [0.5, 0.6) is 5.75 Å². The zero-order valence-electron chi connectivity index (χ0n) is 20.5. The van der Waals surface area contributed by atoms with Gasteiger partial charge in [0.25, 0.3) is 0 Å². The van der Waals surface area contributed by atoms with Crippen molar-refractivity contribution in [3.8, 4) is 5.75 Å². The quantitative estimate of drug-likeness (QED) is 0.301. The highest BCUT2D eigenvalue weighted by Gasteiger charge is 2.40. The van der Waals surface area contributed by atoms with Gasteiger partial charge in [-0.3, -0.25) is 4.79 Å². The molecule has 3 aromatic carbocycles. The summed E-state index contributed by atoms with van der Waals surface area (Å²) in [6.45, 7) is 0.613. The van der Waals surface area contributed by atoms with Gasteiger partial charge in [-0.1, -0.05) is 48.0 Å². The van der Waals surface area contributed by atoms with Crippen LogP contribution in [0.2, 0.25) is 5.02 Å². The summed E-state index contributed by atoms with van der Waals surface area (Å²) in [5.74, 6) is 1.78. The van der Waals surface area contributed by atoms with Gasteiger partial charge in [0, 0.05) is 35.2 Å². The highest BCUT2D eigenvalue weighted by molar-refractivity contribution is 6.30. The molecule has 186 valence electrons. The SMILES string of the molecule is COc1ccc(CN2c3ccccc3NC3=C(C(=O)CC(c4ccco4)C3)C2c2ccc(Cl)cc2)cc1. The zero-order chi connectivity index (χ0) is 25.4. The van der Waals surface area contributed by atoms with Crippen LogP contribution in [-0.2, 0) is 11.3 Å². The van der Waals surface area contributed by atoms with Crippen molar-refractivity contribution in [3.05, 3.63) is 124 Å². The molecule has 5 nitrogen and oxygen atoms in total. The van der Waals surface area contributed by atoms with Gasteiger partial charge in [0.1, 0.15) is 11.5 Å². The van der Waals surface area contributed by atoms with E-state index in [-0.39, 0.29) is 17.7 Å². The van der Waals surface area contributed by atoms with Gasteiger partial charge in [-0.15, -0.1) is 0 Å². The summed E-state index contributed by atoms with van der Waals surface area (Å²) < 4.78 is 11.1. The number of Topliss-reactive ketones (excluding diaryl/α,β-unsaturated/α-hetero) is 1. The Labute approximate surface area is 221 Å². The number of benzene rings is 3. The van der Waals surface area contributed by atoms with Gasteiger partial charge in [-0.05, 0) is 66.1 Å². The summed E-state index contributed by atoms with van der Waals surface area (Å²) >= 11 is 6.27. The number of hydrogen-bond donors (Lipinski definition) is 1. The van der Waals surface area contributed by atoms with Crippen molar-refractivity contribution in [1.29, 1.82) is 0 Å². The second-order valence-corrected chi connectivity index (χ2v) is 9.94. The number of fused-ring (bicyclic) bond motifs is 1. The summed E-state index contributed by atoms with van der Waals surface area (Å²) in [5, 5.41) is 4.32. The fourth-order valence-corrected chi connectivity index (χ4v) is 5.60. The molecular weight excluding hydrogens is 484 g/mol. The molecule has 1 N–H and O–H groups in total. The van der Waals surface area contributed by atoms with Gasteiger partial charge in [0.15, 0.2) is 5.78 Å².